The smallest absolute Gasteiger partial charge is 0.271 e. The number of hydrogen-bond acceptors (Lipinski definition) is 6. The zero-order valence-electron chi connectivity index (χ0n) is 14.9. The molecule has 3 aromatic rings. The van der Waals surface area contributed by atoms with E-state index in [1.165, 1.54) is 12.4 Å². The molecule has 0 radical (unpaired) electrons. The number of nitrogens with one attached hydrogen (secondary N) is 1. The second kappa shape index (κ2) is 6.70. The number of aryl methyl sites for hydroxylation is 2. The normalized spacial score (nSPS) is 17.5. The van der Waals surface area contributed by atoms with Crippen LogP contribution in [0.3, 0.4) is 0 Å². The van der Waals surface area contributed by atoms with Gasteiger partial charge >= 0.3 is 0 Å². The Morgan fingerprint density at radius 1 is 1.23 bits per heavy atom. The minimum atomic E-state index is -0.184. The molecule has 8 nitrogen and oxygen atoms in total. The Balaban J connectivity index is 1.55. The van der Waals surface area contributed by atoms with E-state index in [0.717, 1.165) is 48.8 Å². The van der Waals surface area contributed by atoms with Gasteiger partial charge in [-0.25, -0.2) is 9.97 Å². The number of rotatable bonds is 3. The summed E-state index contributed by atoms with van der Waals surface area (Å²) in [5, 5.41) is 7.64. The van der Waals surface area contributed by atoms with Crippen molar-refractivity contribution in [2.24, 2.45) is 0 Å². The summed E-state index contributed by atoms with van der Waals surface area (Å²) in [6.07, 6.45) is 6.50. The third kappa shape index (κ3) is 3.22. The highest BCUT2D eigenvalue weighted by atomic mass is 16.2. The van der Waals surface area contributed by atoms with Crippen molar-refractivity contribution in [2.75, 3.05) is 18.0 Å². The van der Waals surface area contributed by atoms with Crippen molar-refractivity contribution < 1.29 is 4.79 Å². The lowest BCUT2D eigenvalue weighted by molar-refractivity contribution is 0.0927. The van der Waals surface area contributed by atoms with E-state index in [4.69, 9.17) is 0 Å². The molecule has 1 unspecified atom stereocenters. The maximum Gasteiger partial charge on any atom is 0.271 e. The highest BCUT2D eigenvalue weighted by Crippen LogP contribution is 2.22. The SMILES string of the molecule is Cc1cc(N2CCCC(NC(=O)c3cnccn3)C2)n2nc(C)cc2n1. The number of hydrogen-bond donors (Lipinski definition) is 1. The van der Waals surface area contributed by atoms with Crippen LogP contribution in [0.15, 0.2) is 30.7 Å². The zero-order valence-corrected chi connectivity index (χ0v) is 14.9. The van der Waals surface area contributed by atoms with E-state index in [9.17, 15) is 4.79 Å². The molecule has 4 heterocycles. The van der Waals surface area contributed by atoms with Crippen LogP contribution in [-0.2, 0) is 0 Å². The highest BCUT2D eigenvalue weighted by molar-refractivity contribution is 5.92. The van der Waals surface area contributed by atoms with Crippen molar-refractivity contribution in [3.63, 3.8) is 0 Å². The molecule has 0 bridgehead atoms. The second-order valence-electron chi connectivity index (χ2n) is 6.66. The molecular formula is C18H21N7O. The molecule has 1 saturated heterocycles. The Labute approximate surface area is 151 Å². The van der Waals surface area contributed by atoms with Gasteiger partial charge in [0.05, 0.1) is 11.9 Å². The third-order valence-electron chi connectivity index (χ3n) is 4.54. The van der Waals surface area contributed by atoms with Crippen LogP contribution in [0, 0.1) is 13.8 Å². The molecule has 1 fully saturated rings. The first-order valence-corrected chi connectivity index (χ1v) is 8.76. The number of aromatic nitrogens is 5. The van der Waals surface area contributed by atoms with Crippen molar-refractivity contribution in [1.82, 2.24) is 29.9 Å². The Morgan fingerprint density at radius 3 is 2.92 bits per heavy atom. The summed E-state index contributed by atoms with van der Waals surface area (Å²) in [6.45, 7) is 5.61. The summed E-state index contributed by atoms with van der Waals surface area (Å²) in [5.41, 5.74) is 3.09. The fraction of sp³-hybridized carbons (Fsp3) is 0.389. The lowest BCUT2D eigenvalue weighted by atomic mass is 10.1. The molecule has 0 aromatic carbocycles. The number of amides is 1. The largest absolute Gasteiger partial charge is 0.354 e. The van der Waals surface area contributed by atoms with Crippen LogP contribution in [0.1, 0.15) is 34.7 Å². The van der Waals surface area contributed by atoms with Crippen molar-refractivity contribution in [1.29, 1.82) is 0 Å². The monoisotopic (exact) mass is 351 g/mol. The molecule has 134 valence electrons. The summed E-state index contributed by atoms with van der Waals surface area (Å²) in [4.78, 5) is 27.2. The minimum Gasteiger partial charge on any atom is -0.354 e. The van der Waals surface area contributed by atoms with E-state index in [0.29, 0.717) is 5.69 Å². The average molecular weight is 351 g/mol. The maximum absolute atomic E-state index is 12.4. The Kier molecular flexibility index (Phi) is 4.24. The number of nitrogens with zero attached hydrogens (tertiary/aromatic N) is 6. The number of anilines is 1. The van der Waals surface area contributed by atoms with Gasteiger partial charge in [-0.05, 0) is 26.7 Å². The van der Waals surface area contributed by atoms with Crippen molar-refractivity contribution in [3.8, 4) is 0 Å². The lowest BCUT2D eigenvalue weighted by Crippen LogP contribution is -2.48. The van der Waals surface area contributed by atoms with Crippen molar-refractivity contribution in [2.45, 2.75) is 32.7 Å². The van der Waals surface area contributed by atoms with Crippen molar-refractivity contribution in [3.05, 3.63) is 47.8 Å². The first-order valence-electron chi connectivity index (χ1n) is 8.76. The van der Waals surface area contributed by atoms with Crippen molar-refractivity contribution >= 4 is 17.4 Å². The van der Waals surface area contributed by atoms with E-state index in [1.54, 1.807) is 6.20 Å². The fourth-order valence-electron chi connectivity index (χ4n) is 3.40. The third-order valence-corrected chi connectivity index (χ3v) is 4.54. The molecule has 1 amide bonds. The molecule has 1 atom stereocenters. The molecule has 8 heteroatoms. The number of carbonyl (C=O) groups excluding carboxylic acids is 1. The van der Waals surface area contributed by atoms with Gasteiger partial charge in [0.25, 0.3) is 5.91 Å². The number of piperidine rings is 1. The first kappa shape index (κ1) is 16.4. The van der Waals surface area contributed by atoms with Crippen LogP contribution < -0.4 is 10.2 Å². The molecule has 1 aliphatic heterocycles. The number of carbonyl (C=O) groups is 1. The lowest BCUT2D eigenvalue weighted by Gasteiger charge is -2.34. The molecular weight excluding hydrogens is 330 g/mol. The predicted molar refractivity (Wildman–Crippen MR) is 97.2 cm³/mol. The van der Waals surface area contributed by atoms with E-state index < -0.39 is 0 Å². The zero-order chi connectivity index (χ0) is 18.1. The predicted octanol–water partition coefficient (Wildman–Crippen LogP) is 1.53. The minimum absolute atomic E-state index is 0.0541. The van der Waals surface area contributed by atoms with Gasteiger partial charge in [0.1, 0.15) is 11.5 Å². The van der Waals surface area contributed by atoms with Gasteiger partial charge in [-0.1, -0.05) is 0 Å². The van der Waals surface area contributed by atoms with Crippen LogP contribution in [0.25, 0.3) is 5.65 Å². The van der Waals surface area contributed by atoms with Gasteiger partial charge in [-0.2, -0.15) is 9.61 Å². The standard InChI is InChI=1S/C18H21N7O/c1-12-9-17(25-16(21-12)8-13(2)23-25)24-7-3-4-14(11-24)22-18(26)15-10-19-5-6-20-15/h5-6,8-10,14H,3-4,7,11H2,1-2H3,(H,22,26). The quantitative estimate of drug-likeness (QED) is 0.770. The molecule has 1 N–H and O–H groups in total. The fourth-order valence-corrected chi connectivity index (χ4v) is 3.40. The Bertz CT molecular complexity index is 937. The van der Waals surface area contributed by atoms with E-state index in [-0.39, 0.29) is 11.9 Å². The van der Waals surface area contributed by atoms with Gasteiger partial charge in [0, 0.05) is 49.4 Å². The molecule has 4 rings (SSSR count). The molecule has 0 aliphatic carbocycles. The van der Waals surface area contributed by atoms with Gasteiger partial charge in [-0.3, -0.25) is 9.78 Å². The summed E-state index contributed by atoms with van der Waals surface area (Å²) < 4.78 is 1.88. The molecule has 0 saturated carbocycles. The van der Waals surface area contributed by atoms with Crippen LogP contribution in [-0.4, -0.2) is 49.6 Å². The molecule has 3 aromatic heterocycles. The first-order chi connectivity index (χ1) is 12.6. The van der Waals surface area contributed by atoms with Gasteiger partial charge < -0.3 is 10.2 Å². The molecule has 0 spiro atoms. The Hall–Kier alpha value is -3.03. The van der Waals surface area contributed by atoms with Crippen LogP contribution in [0.5, 0.6) is 0 Å². The maximum atomic E-state index is 12.4. The van der Waals surface area contributed by atoms with E-state index in [1.807, 2.05) is 30.5 Å². The van der Waals surface area contributed by atoms with Gasteiger partial charge in [0.15, 0.2) is 5.65 Å². The van der Waals surface area contributed by atoms with E-state index >= 15 is 0 Å². The van der Waals surface area contributed by atoms with Crippen LogP contribution >= 0.6 is 0 Å². The summed E-state index contributed by atoms with van der Waals surface area (Å²) in [6, 6.07) is 4.08. The van der Waals surface area contributed by atoms with Crippen LogP contribution in [0.4, 0.5) is 5.82 Å². The highest BCUT2D eigenvalue weighted by Gasteiger charge is 2.24. The Morgan fingerprint density at radius 2 is 2.12 bits per heavy atom. The topological polar surface area (TPSA) is 88.3 Å². The number of fused-ring (bicyclic) bond motifs is 1. The molecule has 1 aliphatic rings. The van der Waals surface area contributed by atoms with Gasteiger partial charge in [0.2, 0.25) is 0 Å². The van der Waals surface area contributed by atoms with E-state index in [2.05, 4.69) is 30.3 Å². The summed E-state index contributed by atoms with van der Waals surface area (Å²) in [5.74, 6) is 0.829. The summed E-state index contributed by atoms with van der Waals surface area (Å²) in [7, 11) is 0. The summed E-state index contributed by atoms with van der Waals surface area (Å²) >= 11 is 0. The molecule has 26 heavy (non-hydrogen) atoms. The van der Waals surface area contributed by atoms with Crippen LogP contribution in [0.2, 0.25) is 0 Å². The van der Waals surface area contributed by atoms with Gasteiger partial charge in [-0.15, -0.1) is 0 Å². The second-order valence-corrected chi connectivity index (χ2v) is 6.66. The average Bonchev–Trinajstić information content (AvgIpc) is 3.02.